The van der Waals surface area contributed by atoms with Crippen molar-refractivity contribution in [2.24, 2.45) is 0 Å². The molecule has 0 amide bonds. The normalized spacial score (nSPS) is 10.7. The van der Waals surface area contributed by atoms with Gasteiger partial charge in [0.2, 0.25) is 5.95 Å². The van der Waals surface area contributed by atoms with Gasteiger partial charge >= 0.3 is 0 Å². The van der Waals surface area contributed by atoms with Gasteiger partial charge in [-0.1, -0.05) is 17.7 Å². The van der Waals surface area contributed by atoms with Gasteiger partial charge in [-0.15, -0.1) is 0 Å². The van der Waals surface area contributed by atoms with E-state index in [9.17, 15) is 0 Å². The molecule has 5 nitrogen and oxygen atoms in total. The number of benzene rings is 1. The highest BCUT2D eigenvalue weighted by Crippen LogP contribution is 2.25. The van der Waals surface area contributed by atoms with Gasteiger partial charge in [0, 0.05) is 17.4 Å². The fourth-order valence-electron chi connectivity index (χ4n) is 2.79. The molecule has 24 heavy (non-hydrogen) atoms. The van der Waals surface area contributed by atoms with Crippen LogP contribution < -0.4 is 10.6 Å². The Morgan fingerprint density at radius 1 is 1.00 bits per heavy atom. The molecule has 0 saturated heterocycles. The number of hydrogen-bond acceptors (Lipinski definition) is 5. The monoisotopic (exact) mass is 322 g/mol. The second-order valence-electron chi connectivity index (χ2n) is 6.05. The maximum Gasteiger partial charge on any atom is 0.229 e. The lowest BCUT2D eigenvalue weighted by atomic mass is 10.1. The molecule has 124 valence electrons. The van der Waals surface area contributed by atoms with E-state index in [1.807, 2.05) is 25.1 Å². The van der Waals surface area contributed by atoms with Crippen LogP contribution in [0.3, 0.4) is 0 Å². The molecule has 0 atom stereocenters. The van der Waals surface area contributed by atoms with Gasteiger partial charge in [0.05, 0.1) is 12.8 Å². The standard InChI is InChI=1S/C19H22N4O/c1-12-8-13(2)18(14(3)9-12)23-19-21-15(4)10-17(22-19)20-11-16-6-5-7-24-16/h5-10H,11H2,1-4H3,(H2,20,21,22,23). The Kier molecular flexibility index (Phi) is 4.51. The quantitative estimate of drug-likeness (QED) is 0.715. The largest absolute Gasteiger partial charge is 0.467 e. The summed E-state index contributed by atoms with van der Waals surface area (Å²) in [5.41, 5.74) is 5.58. The van der Waals surface area contributed by atoms with Crippen molar-refractivity contribution >= 4 is 17.5 Å². The molecule has 3 rings (SSSR count). The molecule has 0 fully saturated rings. The third-order valence-electron chi connectivity index (χ3n) is 3.79. The van der Waals surface area contributed by atoms with E-state index < -0.39 is 0 Å². The summed E-state index contributed by atoms with van der Waals surface area (Å²) < 4.78 is 5.33. The number of aryl methyl sites for hydroxylation is 4. The zero-order chi connectivity index (χ0) is 17.1. The first-order valence-electron chi connectivity index (χ1n) is 7.98. The van der Waals surface area contributed by atoms with Crippen LogP contribution in [0.15, 0.2) is 41.0 Å². The Labute approximate surface area is 142 Å². The zero-order valence-corrected chi connectivity index (χ0v) is 14.5. The van der Waals surface area contributed by atoms with E-state index in [1.54, 1.807) is 6.26 Å². The molecule has 2 N–H and O–H groups in total. The van der Waals surface area contributed by atoms with Gasteiger partial charge in [0.1, 0.15) is 11.6 Å². The van der Waals surface area contributed by atoms with Gasteiger partial charge < -0.3 is 15.1 Å². The minimum atomic E-state index is 0.589. The first kappa shape index (κ1) is 16.1. The number of rotatable bonds is 5. The predicted molar refractivity (Wildman–Crippen MR) is 96.7 cm³/mol. The average molecular weight is 322 g/mol. The van der Waals surface area contributed by atoms with Gasteiger partial charge in [-0.3, -0.25) is 0 Å². The maximum atomic E-state index is 5.33. The molecule has 1 aromatic carbocycles. The molecule has 3 aromatic rings. The average Bonchev–Trinajstić information content (AvgIpc) is 3.02. The minimum Gasteiger partial charge on any atom is -0.467 e. The summed E-state index contributed by atoms with van der Waals surface area (Å²) in [6, 6.07) is 10.0. The van der Waals surface area contributed by atoms with Gasteiger partial charge in [-0.2, -0.15) is 4.98 Å². The molecule has 0 saturated carbocycles. The number of anilines is 3. The Bertz CT molecular complexity index is 818. The van der Waals surface area contributed by atoms with Crippen LogP contribution >= 0.6 is 0 Å². The van der Waals surface area contributed by atoms with Crippen molar-refractivity contribution in [3.63, 3.8) is 0 Å². The first-order chi connectivity index (χ1) is 11.5. The van der Waals surface area contributed by atoms with Crippen LogP contribution in [0, 0.1) is 27.7 Å². The SMILES string of the molecule is Cc1cc(C)c(Nc2nc(C)cc(NCc3ccco3)n2)c(C)c1. The van der Waals surface area contributed by atoms with E-state index >= 15 is 0 Å². The van der Waals surface area contributed by atoms with Crippen molar-refractivity contribution in [1.29, 1.82) is 0 Å². The van der Waals surface area contributed by atoms with E-state index in [-0.39, 0.29) is 0 Å². The van der Waals surface area contributed by atoms with Crippen LogP contribution in [0.2, 0.25) is 0 Å². The number of nitrogens with zero attached hydrogens (tertiary/aromatic N) is 2. The Hall–Kier alpha value is -2.82. The topological polar surface area (TPSA) is 63.0 Å². The van der Waals surface area contributed by atoms with E-state index in [0.717, 1.165) is 23.0 Å². The molecule has 0 aliphatic heterocycles. The Balaban J connectivity index is 1.81. The highest BCUT2D eigenvalue weighted by molar-refractivity contribution is 5.64. The van der Waals surface area contributed by atoms with E-state index in [0.29, 0.717) is 12.5 Å². The van der Waals surface area contributed by atoms with Crippen LogP contribution in [0.4, 0.5) is 17.5 Å². The third kappa shape index (κ3) is 3.74. The lowest BCUT2D eigenvalue weighted by Gasteiger charge is -2.14. The maximum absolute atomic E-state index is 5.33. The second-order valence-corrected chi connectivity index (χ2v) is 6.05. The summed E-state index contributed by atoms with van der Waals surface area (Å²) in [7, 11) is 0. The molecule has 0 radical (unpaired) electrons. The van der Waals surface area contributed by atoms with Crippen molar-refractivity contribution in [2.45, 2.75) is 34.2 Å². The van der Waals surface area contributed by atoms with Gasteiger partial charge in [-0.05, 0) is 51.0 Å². The second kappa shape index (κ2) is 6.74. The van der Waals surface area contributed by atoms with Gasteiger partial charge in [-0.25, -0.2) is 4.98 Å². The highest BCUT2D eigenvalue weighted by atomic mass is 16.3. The van der Waals surface area contributed by atoms with E-state index in [2.05, 4.69) is 53.5 Å². The smallest absolute Gasteiger partial charge is 0.229 e. The number of hydrogen-bond donors (Lipinski definition) is 2. The summed E-state index contributed by atoms with van der Waals surface area (Å²) in [4.78, 5) is 9.05. The first-order valence-corrected chi connectivity index (χ1v) is 7.98. The molecule has 0 bridgehead atoms. The van der Waals surface area contributed by atoms with Gasteiger partial charge in [0.15, 0.2) is 0 Å². The lowest BCUT2D eigenvalue weighted by Crippen LogP contribution is -2.06. The van der Waals surface area contributed by atoms with Crippen LogP contribution in [0.1, 0.15) is 28.1 Å². The van der Waals surface area contributed by atoms with Crippen LogP contribution in [0.5, 0.6) is 0 Å². The molecule has 0 aliphatic rings. The van der Waals surface area contributed by atoms with Crippen LogP contribution in [-0.2, 0) is 6.54 Å². The predicted octanol–water partition coefficient (Wildman–Crippen LogP) is 4.66. The summed E-state index contributed by atoms with van der Waals surface area (Å²) >= 11 is 0. The van der Waals surface area contributed by atoms with Crippen LogP contribution in [-0.4, -0.2) is 9.97 Å². The zero-order valence-electron chi connectivity index (χ0n) is 14.5. The summed E-state index contributed by atoms with van der Waals surface area (Å²) in [5, 5.41) is 6.62. The van der Waals surface area contributed by atoms with Crippen molar-refractivity contribution in [1.82, 2.24) is 9.97 Å². The van der Waals surface area contributed by atoms with Crippen molar-refractivity contribution in [3.8, 4) is 0 Å². The fourth-order valence-corrected chi connectivity index (χ4v) is 2.79. The number of aromatic nitrogens is 2. The molecule has 0 unspecified atom stereocenters. The summed E-state index contributed by atoms with van der Waals surface area (Å²) in [6.45, 7) is 8.83. The van der Waals surface area contributed by atoms with Crippen molar-refractivity contribution in [3.05, 3.63) is 64.7 Å². The van der Waals surface area contributed by atoms with Gasteiger partial charge in [0.25, 0.3) is 0 Å². The summed E-state index contributed by atoms with van der Waals surface area (Å²) in [6.07, 6.45) is 1.66. The molecule has 5 heteroatoms. The molecule has 2 aromatic heterocycles. The van der Waals surface area contributed by atoms with Crippen LogP contribution in [0.25, 0.3) is 0 Å². The molecule has 0 aliphatic carbocycles. The molecule has 2 heterocycles. The molecule has 0 spiro atoms. The number of nitrogens with one attached hydrogen (secondary N) is 2. The van der Waals surface area contributed by atoms with E-state index in [4.69, 9.17) is 4.42 Å². The summed E-state index contributed by atoms with van der Waals surface area (Å²) in [5.74, 6) is 2.22. The highest BCUT2D eigenvalue weighted by Gasteiger charge is 2.08. The Morgan fingerprint density at radius 2 is 1.75 bits per heavy atom. The minimum absolute atomic E-state index is 0.589. The van der Waals surface area contributed by atoms with Crippen molar-refractivity contribution < 1.29 is 4.42 Å². The molecular formula is C19H22N4O. The Morgan fingerprint density at radius 3 is 2.42 bits per heavy atom. The fraction of sp³-hybridized carbons (Fsp3) is 0.263. The lowest BCUT2D eigenvalue weighted by molar-refractivity contribution is 0.518. The molecular weight excluding hydrogens is 300 g/mol. The third-order valence-corrected chi connectivity index (χ3v) is 3.79. The van der Waals surface area contributed by atoms with Crippen molar-refractivity contribution in [2.75, 3.05) is 10.6 Å². The number of furan rings is 1. The van der Waals surface area contributed by atoms with E-state index in [1.165, 1.54) is 16.7 Å².